The summed E-state index contributed by atoms with van der Waals surface area (Å²) in [5.74, 6) is 1.12. The number of carbonyl (C=O) groups excluding carboxylic acids is 2. The minimum atomic E-state index is -0.594. The molecule has 0 fully saturated rings. The normalized spacial score (nSPS) is 10.3. The van der Waals surface area contributed by atoms with Gasteiger partial charge in [0.2, 0.25) is 0 Å². The molecule has 0 atom stereocenters. The fourth-order valence-corrected chi connectivity index (χ4v) is 2.64. The second-order valence-corrected chi connectivity index (χ2v) is 6.74. The Hall–Kier alpha value is -3.94. The number of methoxy groups -OCH3 is 1. The first-order valence-corrected chi connectivity index (χ1v) is 9.60. The minimum Gasteiger partial charge on any atom is -0.493 e. The molecule has 0 saturated carbocycles. The summed E-state index contributed by atoms with van der Waals surface area (Å²) in [4.78, 5) is 24.1. The first-order chi connectivity index (χ1) is 15.0. The number of hydrazine groups is 1. The summed E-state index contributed by atoms with van der Waals surface area (Å²) in [5, 5.41) is 0. The number of ether oxygens (including phenoxy) is 3. The molecule has 31 heavy (non-hydrogen) atoms. The molecule has 1 heterocycles. The third kappa shape index (κ3) is 6.02. The molecular weight excluding hydrogens is 400 g/mol. The number of carbonyl (C=O) groups is 2. The van der Waals surface area contributed by atoms with Gasteiger partial charge in [0.15, 0.2) is 23.9 Å². The first kappa shape index (κ1) is 21.8. The zero-order valence-electron chi connectivity index (χ0n) is 17.6. The van der Waals surface area contributed by atoms with Crippen molar-refractivity contribution in [3.8, 4) is 17.2 Å². The lowest BCUT2D eigenvalue weighted by molar-refractivity contribution is -0.123. The van der Waals surface area contributed by atoms with Crippen LogP contribution in [-0.2, 0) is 11.4 Å². The summed E-state index contributed by atoms with van der Waals surface area (Å²) in [6, 6.07) is 15.9. The van der Waals surface area contributed by atoms with Crippen molar-refractivity contribution in [2.75, 3.05) is 13.7 Å². The van der Waals surface area contributed by atoms with Crippen LogP contribution in [0.4, 0.5) is 0 Å². The van der Waals surface area contributed by atoms with Crippen LogP contribution >= 0.6 is 0 Å². The van der Waals surface area contributed by atoms with Gasteiger partial charge in [-0.05, 0) is 61.4 Å². The zero-order valence-corrected chi connectivity index (χ0v) is 17.6. The molecule has 3 rings (SSSR count). The molecule has 0 unspecified atom stereocenters. The highest BCUT2D eigenvalue weighted by Crippen LogP contribution is 2.26. The van der Waals surface area contributed by atoms with Gasteiger partial charge in [-0.25, -0.2) is 0 Å². The summed E-state index contributed by atoms with van der Waals surface area (Å²) in [6.45, 7) is 3.83. The van der Waals surface area contributed by atoms with E-state index in [0.717, 1.165) is 11.1 Å². The fraction of sp³-hybridized carbons (Fsp3) is 0.217. The topological polar surface area (TPSA) is 99.0 Å². The molecule has 2 N–H and O–H groups in total. The molecular formula is C23H24N2O6. The quantitative estimate of drug-likeness (QED) is 0.538. The van der Waals surface area contributed by atoms with Crippen molar-refractivity contribution < 1.29 is 28.2 Å². The van der Waals surface area contributed by atoms with Crippen LogP contribution in [0.1, 0.15) is 27.4 Å². The number of rotatable bonds is 8. The maximum absolute atomic E-state index is 12.2. The van der Waals surface area contributed by atoms with E-state index >= 15 is 0 Å². The second kappa shape index (κ2) is 10.2. The van der Waals surface area contributed by atoms with Crippen molar-refractivity contribution >= 4 is 11.8 Å². The molecule has 0 aliphatic heterocycles. The monoisotopic (exact) mass is 424 g/mol. The van der Waals surface area contributed by atoms with Crippen molar-refractivity contribution in [3.63, 3.8) is 0 Å². The van der Waals surface area contributed by atoms with Crippen molar-refractivity contribution in [2.45, 2.75) is 20.5 Å². The number of hydrogen-bond donors (Lipinski definition) is 2. The molecule has 0 spiro atoms. The van der Waals surface area contributed by atoms with E-state index in [4.69, 9.17) is 18.6 Å². The Kier molecular flexibility index (Phi) is 7.16. The van der Waals surface area contributed by atoms with Gasteiger partial charge in [-0.3, -0.25) is 20.4 Å². The lowest BCUT2D eigenvalue weighted by Crippen LogP contribution is -2.43. The third-order valence-electron chi connectivity index (χ3n) is 4.49. The van der Waals surface area contributed by atoms with Crippen LogP contribution in [0.2, 0.25) is 0 Å². The van der Waals surface area contributed by atoms with Crippen LogP contribution < -0.4 is 25.1 Å². The molecule has 8 nitrogen and oxygen atoms in total. The summed E-state index contributed by atoms with van der Waals surface area (Å²) in [6.07, 6.45) is 0. The lowest BCUT2D eigenvalue weighted by Gasteiger charge is -2.09. The Bertz CT molecular complexity index is 1060. The molecule has 8 heteroatoms. The van der Waals surface area contributed by atoms with E-state index in [1.165, 1.54) is 6.07 Å². The third-order valence-corrected chi connectivity index (χ3v) is 4.49. The van der Waals surface area contributed by atoms with E-state index in [-0.39, 0.29) is 19.0 Å². The number of furan rings is 1. The maximum Gasteiger partial charge on any atom is 0.305 e. The van der Waals surface area contributed by atoms with Crippen LogP contribution in [0.3, 0.4) is 0 Å². The zero-order chi connectivity index (χ0) is 22.2. The van der Waals surface area contributed by atoms with Gasteiger partial charge in [-0.15, -0.1) is 0 Å². The Labute approximate surface area is 180 Å². The molecule has 0 bridgehead atoms. The van der Waals surface area contributed by atoms with Gasteiger partial charge in [0.1, 0.15) is 18.1 Å². The van der Waals surface area contributed by atoms with Crippen molar-refractivity contribution in [1.29, 1.82) is 0 Å². The average Bonchev–Trinajstić information content (AvgIpc) is 3.26. The highest BCUT2D eigenvalue weighted by molar-refractivity contribution is 5.93. The summed E-state index contributed by atoms with van der Waals surface area (Å²) < 4.78 is 21.8. The van der Waals surface area contributed by atoms with E-state index in [9.17, 15) is 9.59 Å². The van der Waals surface area contributed by atoms with Crippen LogP contribution in [-0.4, -0.2) is 25.5 Å². The molecule has 0 radical (unpaired) electrons. The van der Waals surface area contributed by atoms with Crippen molar-refractivity contribution in [2.24, 2.45) is 0 Å². The predicted octanol–water partition coefficient (Wildman–Crippen LogP) is 3.32. The first-order valence-electron chi connectivity index (χ1n) is 9.60. The van der Waals surface area contributed by atoms with E-state index in [1.807, 2.05) is 38.1 Å². The summed E-state index contributed by atoms with van der Waals surface area (Å²) in [5.41, 5.74) is 6.77. The van der Waals surface area contributed by atoms with Gasteiger partial charge in [0, 0.05) is 0 Å². The summed E-state index contributed by atoms with van der Waals surface area (Å²) >= 11 is 0. The van der Waals surface area contributed by atoms with E-state index in [1.54, 1.807) is 31.4 Å². The Morgan fingerprint density at radius 1 is 0.903 bits per heavy atom. The fourth-order valence-electron chi connectivity index (χ4n) is 2.64. The number of amides is 2. The van der Waals surface area contributed by atoms with Gasteiger partial charge in [0.25, 0.3) is 5.91 Å². The number of para-hydroxylation sites is 2. The molecule has 0 aliphatic rings. The molecule has 2 aromatic carbocycles. The van der Waals surface area contributed by atoms with E-state index in [0.29, 0.717) is 23.0 Å². The number of hydrogen-bond acceptors (Lipinski definition) is 6. The van der Waals surface area contributed by atoms with Crippen molar-refractivity contribution in [1.82, 2.24) is 10.9 Å². The highest BCUT2D eigenvalue weighted by atomic mass is 16.5. The van der Waals surface area contributed by atoms with Gasteiger partial charge in [-0.2, -0.15) is 0 Å². The highest BCUT2D eigenvalue weighted by Gasteiger charge is 2.13. The van der Waals surface area contributed by atoms with Gasteiger partial charge in [0.05, 0.1) is 7.11 Å². The van der Waals surface area contributed by atoms with Crippen LogP contribution in [0.5, 0.6) is 17.2 Å². The largest absolute Gasteiger partial charge is 0.493 e. The van der Waals surface area contributed by atoms with E-state index < -0.39 is 11.8 Å². The number of benzene rings is 2. The minimum absolute atomic E-state index is 0.0361. The standard InChI is InChI=1S/C23H24N2O6/c1-15-8-9-17(12-16(15)2)29-14-22(26)24-25-23(27)21-11-10-18(31-21)13-30-20-7-5-4-6-19(20)28-3/h4-12H,13-14H2,1-3H3,(H,24,26)(H,25,27). The van der Waals surface area contributed by atoms with Gasteiger partial charge >= 0.3 is 5.91 Å². The Balaban J connectivity index is 1.44. The SMILES string of the molecule is COc1ccccc1OCc1ccc(C(=O)NNC(=O)COc2ccc(C)c(C)c2)o1. The molecule has 0 aliphatic carbocycles. The van der Waals surface area contributed by atoms with Crippen LogP contribution in [0.15, 0.2) is 59.0 Å². The van der Waals surface area contributed by atoms with Crippen LogP contribution in [0, 0.1) is 13.8 Å². The Morgan fingerprint density at radius 2 is 1.68 bits per heavy atom. The molecule has 3 aromatic rings. The molecule has 2 amide bonds. The van der Waals surface area contributed by atoms with Gasteiger partial charge < -0.3 is 18.6 Å². The Morgan fingerprint density at radius 3 is 2.42 bits per heavy atom. The van der Waals surface area contributed by atoms with Gasteiger partial charge in [-0.1, -0.05) is 18.2 Å². The number of nitrogens with one attached hydrogen (secondary N) is 2. The molecule has 1 aromatic heterocycles. The second-order valence-electron chi connectivity index (χ2n) is 6.74. The predicted molar refractivity (Wildman–Crippen MR) is 113 cm³/mol. The average molecular weight is 424 g/mol. The number of aryl methyl sites for hydroxylation is 2. The smallest absolute Gasteiger partial charge is 0.305 e. The van der Waals surface area contributed by atoms with Crippen LogP contribution in [0.25, 0.3) is 0 Å². The maximum atomic E-state index is 12.2. The van der Waals surface area contributed by atoms with E-state index in [2.05, 4.69) is 10.9 Å². The van der Waals surface area contributed by atoms with Crippen molar-refractivity contribution in [3.05, 3.63) is 77.2 Å². The molecule has 162 valence electrons. The summed E-state index contributed by atoms with van der Waals surface area (Å²) in [7, 11) is 1.55. The lowest BCUT2D eigenvalue weighted by atomic mass is 10.1. The molecule has 0 saturated heterocycles.